The zero-order valence-corrected chi connectivity index (χ0v) is 10.8. The van der Waals surface area contributed by atoms with Gasteiger partial charge in [-0.3, -0.25) is 0 Å². The molecule has 0 aromatic rings. The summed E-state index contributed by atoms with van der Waals surface area (Å²) in [7, 11) is 0. The van der Waals surface area contributed by atoms with Gasteiger partial charge in [0.2, 0.25) is 0 Å². The Labute approximate surface area is 95.2 Å². The Morgan fingerprint density at radius 3 is 2.60 bits per heavy atom. The van der Waals surface area contributed by atoms with E-state index in [2.05, 4.69) is 25.7 Å². The lowest BCUT2D eigenvalue weighted by atomic mass is 9.98. The van der Waals surface area contributed by atoms with E-state index >= 15 is 0 Å². The van der Waals surface area contributed by atoms with E-state index in [4.69, 9.17) is 5.73 Å². The molecule has 1 aliphatic heterocycles. The lowest BCUT2D eigenvalue weighted by molar-refractivity contribution is 0.253. The van der Waals surface area contributed by atoms with E-state index < -0.39 is 0 Å². The normalized spacial score (nSPS) is 25.2. The van der Waals surface area contributed by atoms with Gasteiger partial charge in [-0.2, -0.15) is 0 Å². The predicted octanol–water partition coefficient (Wildman–Crippen LogP) is 2.63. The number of hydrogen-bond acceptors (Lipinski definition) is 2. The molecule has 90 valence electrons. The maximum absolute atomic E-state index is 6.02. The van der Waals surface area contributed by atoms with Crippen molar-refractivity contribution in [2.24, 2.45) is 11.7 Å². The maximum atomic E-state index is 6.02. The molecule has 1 unspecified atom stereocenters. The molecule has 2 nitrogen and oxygen atoms in total. The Morgan fingerprint density at radius 1 is 1.27 bits per heavy atom. The minimum absolute atomic E-state index is 0.00351. The summed E-state index contributed by atoms with van der Waals surface area (Å²) in [5.41, 5.74) is 6.01. The van der Waals surface area contributed by atoms with Gasteiger partial charge in [0.15, 0.2) is 0 Å². The molecule has 0 saturated carbocycles. The van der Waals surface area contributed by atoms with Crippen LogP contribution in [0.1, 0.15) is 52.9 Å². The van der Waals surface area contributed by atoms with Gasteiger partial charge in [-0.1, -0.05) is 13.3 Å². The monoisotopic (exact) mass is 212 g/mol. The third kappa shape index (κ3) is 5.53. The molecule has 0 amide bonds. The van der Waals surface area contributed by atoms with Crippen molar-refractivity contribution in [2.75, 3.05) is 19.6 Å². The zero-order chi connectivity index (χ0) is 11.3. The van der Waals surface area contributed by atoms with Gasteiger partial charge >= 0.3 is 0 Å². The summed E-state index contributed by atoms with van der Waals surface area (Å²) in [6.07, 6.45) is 6.67. The van der Waals surface area contributed by atoms with Crippen molar-refractivity contribution >= 4 is 0 Å². The molecule has 0 aliphatic carbocycles. The van der Waals surface area contributed by atoms with Crippen LogP contribution in [0.4, 0.5) is 0 Å². The molecule has 2 N–H and O–H groups in total. The zero-order valence-electron chi connectivity index (χ0n) is 10.8. The Morgan fingerprint density at radius 2 is 2.00 bits per heavy atom. The van der Waals surface area contributed by atoms with Crippen LogP contribution in [0.5, 0.6) is 0 Å². The van der Waals surface area contributed by atoms with E-state index in [1.807, 2.05) is 0 Å². The smallest absolute Gasteiger partial charge is 0.0109 e. The molecule has 0 spiro atoms. The summed E-state index contributed by atoms with van der Waals surface area (Å²) < 4.78 is 0. The third-order valence-electron chi connectivity index (χ3n) is 3.59. The molecule has 0 aromatic carbocycles. The summed E-state index contributed by atoms with van der Waals surface area (Å²) in [6, 6.07) is 0. The second kappa shape index (κ2) is 5.86. The van der Waals surface area contributed by atoms with Crippen molar-refractivity contribution in [2.45, 2.75) is 58.4 Å². The molecule has 2 heteroatoms. The average Bonchev–Trinajstić information content (AvgIpc) is 2.38. The highest BCUT2D eigenvalue weighted by molar-refractivity contribution is 4.76. The van der Waals surface area contributed by atoms with Crippen LogP contribution in [0, 0.1) is 5.92 Å². The molecule has 1 atom stereocenters. The largest absolute Gasteiger partial charge is 0.326 e. The van der Waals surface area contributed by atoms with Crippen molar-refractivity contribution in [1.82, 2.24) is 4.90 Å². The molecule has 1 fully saturated rings. The van der Waals surface area contributed by atoms with Gasteiger partial charge in [0, 0.05) is 5.54 Å². The van der Waals surface area contributed by atoms with Gasteiger partial charge in [0.25, 0.3) is 0 Å². The fraction of sp³-hybridized carbons (Fsp3) is 1.00. The van der Waals surface area contributed by atoms with Crippen LogP contribution < -0.4 is 5.73 Å². The highest BCUT2D eigenvalue weighted by atomic mass is 15.1. The SMILES string of the molecule is CCC1CCCN(CCC(C)(C)N)CC1. The first-order valence-electron chi connectivity index (χ1n) is 6.52. The molecule has 0 bridgehead atoms. The number of likely N-dealkylation sites (tertiary alicyclic amines) is 1. The second-order valence-corrected chi connectivity index (χ2v) is 5.79. The molecular weight excluding hydrogens is 184 g/mol. The Hall–Kier alpha value is -0.0800. The molecule has 15 heavy (non-hydrogen) atoms. The van der Waals surface area contributed by atoms with Crippen LogP contribution in [0.3, 0.4) is 0 Å². The number of rotatable bonds is 4. The van der Waals surface area contributed by atoms with Crippen LogP contribution in [-0.4, -0.2) is 30.1 Å². The average molecular weight is 212 g/mol. The minimum atomic E-state index is -0.00351. The molecule has 1 aliphatic rings. The van der Waals surface area contributed by atoms with Crippen LogP contribution in [-0.2, 0) is 0 Å². The summed E-state index contributed by atoms with van der Waals surface area (Å²) >= 11 is 0. The van der Waals surface area contributed by atoms with Crippen LogP contribution >= 0.6 is 0 Å². The Bertz CT molecular complexity index is 172. The van der Waals surface area contributed by atoms with Gasteiger partial charge in [-0.15, -0.1) is 0 Å². The second-order valence-electron chi connectivity index (χ2n) is 5.79. The molecule has 0 aromatic heterocycles. The first-order chi connectivity index (χ1) is 7.01. The lowest BCUT2D eigenvalue weighted by Gasteiger charge is -2.25. The fourth-order valence-corrected chi connectivity index (χ4v) is 2.30. The minimum Gasteiger partial charge on any atom is -0.326 e. The van der Waals surface area contributed by atoms with Crippen LogP contribution in [0.15, 0.2) is 0 Å². The van der Waals surface area contributed by atoms with Crippen molar-refractivity contribution in [3.05, 3.63) is 0 Å². The van der Waals surface area contributed by atoms with Crippen molar-refractivity contribution in [1.29, 1.82) is 0 Å². The van der Waals surface area contributed by atoms with Crippen molar-refractivity contribution in [3.8, 4) is 0 Å². The summed E-state index contributed by atoms with van der Waals surface area (Å²) in [5, 5.41) is 0. The molecule has 1 rings (SSSR count). The Balaban J connectivity index is 2.25. The summed E-state index contributed by atoms with van der Waals surface area (Å²) in [6.45, 7) is 10.3. The first-order valence-corrected chi connectivity index (χ1v) is 6.52. The van der Waals surface area contributed by atoms with Gasteiger partial charge < -0.3 is 10.6 Å². The predicted molar refractivity (Wildman–Crippen MR) is 67.0 cm³/mol. The highest BCUT2D eigenvalue weighted by Gasteiger charge is 2.17. The molecule has 1 heterocycles. The molecular formula is C13H28N2. The van der Waals surface area contributed by atoms with Gasteiger partial charge in [0.1, 0.15) is 0 Å². The number of hydrogen-bond donors (Lipinski definition) is 1. The standard InChI is InChI=1S/C13H28N2/c1-4-12-6-5-9-15(10-7-12)11-8-13(2,3)14/h12H,4-11,14H2,1-3H3. The molecule has 0 radical (unpaired) electrons. The van der Waals surface area contributed by atoms with E-state index in [1.54, 1.807) is 0 Å². The molecule has 1 saturated heterocycles. The van der Waals surface area contributed by atoms with E-state index in [-0.39, 0.29) is 5.54 Å². The van der Waals surface area contributed by atoms with Gasteiger partial charge in [-0.05, 0) is 65.1 Å². The van der Waals surface area contributed by atoms with Gasteiger partial charge in [0.05, 0.1) is 0 Å². The highest BCUT2D eigenvalue weighted by Crippen LogP contribution is 2.20. The lowest BCUT2D eigenvalue weighted by Crippen LogP contribution is -2.37. The van der Waals surface area contributed by atoms with Crippen LogP contribution in [0.25, 0.3) is 0 Å². The summed E-state index contributed by atoms with van der Waals surface area (Å²) in [4.78, 5) is 2.60. The first kappa shape index (κ1) is 13.0. The Kier molecular flexibility index (Phi) is 5.07. The van der Waals surface area contributed by atoms with Gasteiger partial charge in [-0.25, -0.2) is 0 Å². The number of nitrogens with two attached hydrogens (primary N) is 1. The third-order valence-corrected chi connectivity index (χ3v) is 3.59. The van der Waals surface area contributed by atoms with Crippen molar-refractivity contribution in [3.63, 3.8) is 0 Å². The van der Waals surface area contributed by atoms with Crippen LogP contribution in [0.2, 0.25) is 0 Å². The van der Waals surface area contributed by atoms with E-state index in [1.165, 1.54) is 45.3 Å². The van der Waals surface area contributed by atoms with Crippen molar-refractivity contribution < 1.29 is 0 Å². The number of nitrogens with zero attached hydrogens (tertiary/aromatic N) is 1. The van der Waals surface area contributed by atoms with E-state index in [0.29, 0.717) is 0 Å². The topological polar surface area (TPSA) is 29.3 Å². The quantitative estimate of drug-likeness (QED) is 0.776. The fourth-order valence-electron chi connectivity index (χ4n) is 2.30. The van der Waals surface area contributed by atoms with E-state index in [0.717, 1.165) is 12.3 Å². The maximum Gasteiger partial charge on any atom is 0.0109 e. The summed E-state index contributed by atoms with van der Waals surface area (Å²) in [5.74, 6) is 0.973. The van der Waals surface area contributed by atoms with E-state index in [9.17, 15) is 0 Å².